The highest BCUT2D eigenvalue weighted by Gasteiger charge is 2.17. The van der Waals surface area contributed by atoms with Gasteiger partial charge in [0.05, 0.1) is 6.61 Å². The minimum atomic E-state index is -0.166. The molecule has 0 spiro atoms. The maximum Gasteiger partial charge on any atom is 0.234 e. The molecule has 3 aromatic rings. The zero-order chi connectivity index (χ0) is 14.1. The highest BCUT2D eigenvalue weighted by Crippen LogP contribution is 2.26. The van der Waals surface area contributed by atoms with Crippen LogP contribution in [-0.2, 0) is 6.61 Å². The predicted octanol–water partition coefficient (Wildman–Crippen LogP) is 1.89. The number of rotatable bonds is 3. The predicted molar refractivity (Wildman–Crippen MR) is 75.7 cm³/mol. The van der Waals surface area contributed by atoms with E-state index < -0.39 is 0 Å². The largest absolute Gasteiger partial charge is 0.390 e. The first-order valence-electron chi connectivity index (χ1n) is 6.12. The summed E-state index contributed by atoms with van der Waals surface area (Å²) >= 11 is 1.43. The van der Waals surface area contributed by atoms with Gasteiger partial charge in [0, 0.05) is 5.56 Å². The van der Waals surface area contributed by atoms with Crippen LogP contribution in [0, 0.1) is 13.8 Å². The van der Waals surface area contributed by atoms with Crippen LogP contribution in [-0.4, -0.2) is 30.3 Å². The van der Waals surface area contributed by atoms with Crippen molar-refractivity contribution >= 4 is 11.3 Å². The molecule has 2 aromatic heterocycles. The molecule has 0 atom stereocenters. The fourth-order valence-corrected chi connectivity index (χ4v) is 2.57. The van der Waals surface area contributed by atoms with Gasteiger partial charge in [0.1, 0.15) is 16.4 Å². The van der Waals surface area contributed by atoms with Crippen molar-refractivity contribution in [3.63, 3.8) is 0 Å². The quantitative estimate of drug-likeness (QED) is 0.796. The Morgan fingerprint density at radius 1 is 1.10 bits per heavy atom. The molecule has 0 aliphatic rings. The Bertz CT molecular complexity index is 732. The van der Waals surface area contributed by atoms with Gasteiger partial charge >= 0.3 is 0 Å². The third kappa shape index (κ3) is 2.21. The second-order valence-electron chi connectivity index (χ2n) is 4.42. The van der Waals surface area contributed by atoms with Crippen molar-refractivity contribution in [2.75, 3.05) is 0 Å². The molecule has 102 valence electrons. The standard InChI is InChI=1S/C13H13N5OS/c1-8-3-5-10(6-4-8)12-11(7-19)15-17-18(12)13-16-14-9(2)20-13/h3-6,19H,7H2,1-2H3. The molecule has 0 amide bonds. The molecule has 7 heteroatoms. The van der Waals surface area contributed by atoms with Gasteiger partial charge in [-0.3, -0.25) is 0 Å². The van der Waals surface area contributed by atoms with E-state index in [1.54, 1.807) is 4.68 Å². The Hall–Kier alpha value is -2.12. The fourth-order valence-electron chi connectivity index (χ4n) is 1.93. The zero-order valence-electron chi connectivity index (χ0n) is 11.1. The molecule has 6 nitrogen and oxygen atoms in total. The zero-order valence-corrected chi connectivity index (χ0v) is 11.9. The summed E-state index contributed by atoms with van der Waals surface area (Å²) in [6.07, 6.45) is 0. The van der Waals surface area contributed by atoms with Crippen LogP contribution in [0.2, 0.25) is 0 Å². The highest BCUT2D eigenvalue weighted by molar-refractivity contribution is 7.13. The van der Waals surface area contributed by atoms with Gasteiger partial charge in [-0.25, -0.2) is 0 Å². The highest BCUT2D eigenvalue weighted by atomic mass is 32.1. The molecule has 0 aliphatic carbocycles. The smallest absolute Gasteiger partial charge is 0.234 e. The number of aromatic nitrogens is 5. The first-order chi connectivity index (χ1) is 9.69. The maximum absolute atomic E-state index is 9.45. The summed E-state index contributed by atoms with van der Waals surface area (Å²) in [5.74, 6) is 0. The van der Waals surface area contributed by atoms with E-state index in [-0.39, 0.29) is 6.61 Å². The van der Waals surface area contributed by atoms with Gasteiger partial charge in [0.15, 0.2) is 0 Å². The van der Waals surface area contributed by atoms with Crippen LogP contribution in [0.3, 0.4) is 0 Å². The minimum absolute atomic E-state index is 0.166. The Morgan fingerprint density at radius 2 is 1.85 bits per heavy atom. The molecule has 0 radical (unpaired) electrons. The Labute approximate surface area is 119 Å². The molecule has 0 saturated heterocycles. The third-order valence-electron chi connectivity index (χ3n) is 2.91. The monoisotopic (exact) mass is 287 g/mol. The maximum atomic E-state index is 9.45. The van der Waals surface area contributed by atoms with Gasteiger partial charge < -0.3 is 5.11 Å². The molecular weight excluding hydrogens is 274 g/mol. The number of hydrogen-bond donors (Lipinski definition) is 1. The summed E-state index contributed by atoms with van der Waals surface area (Å²) < 4.78 is 1.63. The molecular formula is C13H13N5OS. The second kappa shape index (κ2) is 5.10. The minimum Gasteiger partial charge on any atom is -0.390 e. The lowest BCUT2D eigenvalue weighted by atomic mass is 10.1. The van der Waals surface area contributed by atoms with Crippen LogP contribution in [0.25, 0.3) is 16.4 Å². The van der Waals surface area contributed by atoms with Crippen molar-refractivity contribution < 1.29 is 5.11 Å². The van der Waals surface area contributed by atoms with Crippen LogP contribution >= 0.6 is 11.3 Å². The number of nitrogens with zero attached hydrogens (tertiary/aromatic N) is 5. The average Bonchev–Trinajstić information content (AvgIpc) is 3.05. The van der Waals surface area contributed by atoms with E-state index in [0.717, 1.165) is 16.3 Å². The average molecular weight is 287 g/mol. The van der Waals surface area contributed by atoms with E-state index in [9.17, 15) is 5.11 Å². The van der Waals surface area contributed by atoms with Gasteiger partial charge in [-0.2, -0.15) is 4.68 Å². The normalized spacial score (nSPS) is 10.9. The summed E-state index contributed by atoms with van der Waals surface area (Å²) in [5.41, 5.74) is 3.40. The molecule has 2 heterocycles. The number of aliphatic hydroxyl groups excluding tert-OH is 1. The van der Waals surface area contributed by atoms with E-state index in [0.29, 0.717) is 10.8 Å². The van der Waals surface area contributed by atoms with E-state index in [4.69, 9.17) is 0 Å². The molecule has 0 saturated carbocycles. The molecule has 1 N–H and O–H groups in total. The van der Waals surface area contributed by atoms with E-state index in [1.165, 1.54) is 16.9 Å². The molecule has 3 rings (SSSR count). The Morgan fingerprint density at radius 3 is 2.45 bits per heavy atom. The van der Waals surface area contributed by atoms with E-state index in [1.807, 2.05) is 38.1 Å². The van der Waals surface area contributed by atoms with Crippen molar-refractivity contribution in [2.24, 2.45) is 0 Å². The van der Waals surface area contributed by atoms with Crippen LogP contribution in [0.15, 0.2) is 24.3 Å². The lowest BCUT2D eigenvalue weighted by Crippen LogP contribution is -2.00. The summed E-state index contributed by atoms with van der Waals surface area (Å²) in [5, 5.41) is 27.1. The number of aliphatic hydroxyl groups is 1. The SMILES string of the molecule is Cc1ccc(-c2c(CO)nnn2-c2nnc(C)s2)cc1. The van der Waals surface area contributed by atoms with Crippen molar-refractivity contribution in [1.82, 2.24) is 25.2 Å². The lowest BCUT2D eigenvalue weighted by molar-refractivity contribution is 0.277. The lowest BCUT2D eigenvalue weighted by Gasteiger charge is -2.05. The fraction of sp³-hybridized carbons (Fsp3) is 0.231. The molecule has 1 aromatic carbocycles. The number of benzene rings is 1. The van der Waals surface area contributed by atoms with Crippen molar-refractivity contribution in [1.29, 1.82) is 0 Å². The van der Waals surface area contributed by atoms with Crippen LogP contribution in [0.4, 0.5) is 0 Å². The molecule has 0 bridgehead atoms. The van der Waals surface area contributed by atoms with Gasteiger partial charge in [0.2, 0.25) is 5.13 Å². The summed E-state index contributed by atoms with van der Waals surface area (Å²) in [6.45, 7) is 3.75. The van der Waals surface area contributed by atoms with Crippen LogP contribution < -0.4 is 0 Å². The van der Waals surface area contributed by atoms with E-state index in [2.05, 4.69) is 20.5 Å². The first-order valence-corrected chi connectivity index (χ1v) is 6.93. The number of hydrogen-bond acceptors (Lipinski definition) is 6. The van der Waals surface area contributed by atoms with Gasteiger partial charge in [-0.15, -0.1) is 15.3 Å². The van der Waals surface area contributed by atoms with Crippen molar-refractivity contribution in [3.05, 3.63) is 40.5 Å². The first kappa shape index (κ1) is 12.9. The number of aryl methyl sites for hydroxylation is 2. The van der Waals surface area contributed by atoms with Crippen molar-refractivity contribution in [3.8, 4) is 16.4 Å². The molecule has 0 unspecified atom stereocenters. The third-order valence-corrected chi connectivity index (χ3v) is 3.73. The summed E-state index contributed by atoms with van der Waals surface area (Å²) in [4.78, 5) is 0. The van der Waals surface area contributed by atoms with Crippen LogP contribution in [0.5, 0.6) is 0 Å². The molecule has 20 heavy (non-hydrogen) atoms. The molecule has 0 aliphatic heterocycles. The van der Waals surface area contributed by atoms with Gasteiger partial charge in [0.25, 0.3) is 0 Å². The summed E-state index contributed by atoms with van der Waals surface area (Å²) in [7, 11) is 0. The Kier molecular flexibility index (Phi) is 3.29. The van der Waals surface area contributed by atoms with Gasteiger partial charge in [-0.05, 0) is 13.8 Å². The Balaban J connectivity index is 2.17. The summed E-state index contributed by atoms with van der Waals surface area (Å²) in [6, 6.07) is 7.99. The van der Waals surface area contributed by atoms with Gasteiger partial charge in [-0.1, -0.05) is 46.4 Å². The van der Waals surface area contributed by atoms with Crippen molar-refractivity contribution in [2.45, 2.75) is 20.5 Å². The van der Waals surface area contributed by atoms with Crippen LogP contribution in [0.1, 0.15) is 16.3 Å². The molecule has 0 fully saturated rings. The topological polar surface area (TPSA) is 76.7 Å². The second-order valence-corrected chi connectivity index (χ2v) is 5.58. The van der Waals surface area contributed by atoms with E-state index >= 15 is 0 Å².